The zero-order valence-electron chi connectivity index (χ0n) is 16.2. The fourth-order valence-corrected chi connectivity index (χ4v) is 5.24. The first-order valence-electron chi connectivity index (χ1n) is 10.3. The molecule has 1 N–H and O–H groups in total. The number of nitrogens with zero attached hydrogens (tertiary/aromatic N) is 4. The lowest BCUT2D eigenvalue weighted by Gasteiger charge is -2.55. The first-order chi connectivity index (χ1) is 13.7. The topological polar surface area (TPSA) is 74.4 Å². The number of ether oxygens (including phenoxy) is 1. The van der Waals surface area contributed by atoms with Crippen molar-refractivity contribution < 1.29 is 9.53 Å². The van der Waals surface area contributed by atoms with Crippen LogP contribution in [-0.4, -0.2) is 65.2 Å². The molecular formula is C21H27N5O2. The van der Waals surface area contributed by atoms with Crippen LogP contribution < -0.4 is 4.90 Å². The Morgan fingerprint density at radius 3 is 2.89 bits per heavy atom. The molecule has 28 heavy (non-hydrogen) atoms. The molecule has 7 nitrogen and oxygen atoms in total. The van der Waals surface area contributed by atoms with Crippen molar-refractivity contribution in [3.63, 3.8) is 0 Å². The molecule has 5 rings (SSSR count). The van der Waals surface area contributed by atoms with Gasteiger partial charge in [-0.25, -0.2) is 9.97 Å². The second-order valence-electron chi connectivity index (χ2n) is 8.48. The predicted octanol–water partition coefficient (Wildman–Crippen LogP) is 2.47. The molecule has 3 fully saturated rings. The van der Waals surface area contributed by atoms with Gasteiger partial charge in [-0.3, -0.25) is 4.79 Å². The lowest BCUT2D eigenvalue weighted by Crippen LogP contribution is -2.63. The Balaban J connectivity index is 1.40. The molecular weight excluding hydrogens is 354 g/mol. The van der Waals surface area contributed by atoms with Gasteiger partial charge in [-0.05, 0) is 43.2 Å². The van der Waals surface area contributed by atoms with E-state index in [2.05, 4.69) is 32.6 Å². The fraction of sp³-hybridized carbons (Fsp3) is 0.571. The number of amides is 1. The van der Waals surface area contributed by atoms with Crippen LogP contribution >= 0.6 is 0 Å². The molecule has 2 aromatic heterocycles. The summed E-state index contributed by atoms with van der Waals surface area (Å²) in [6, 6.07) is 0. The number of piperidine rings is 1. The van der Waals surface area contributed by atoms with Gasteiger partial charge in [-0.1, -0.05) is 6.58 Å². The summed E-state index contributed by atoms with van der Waals surface area (Å²) in [6.07, 6.45) is 9.51. The molecule has 3 aliphatic rings. The lowest BCUT2D eigenvalue weighted by atomic mass is 9.73. The van der Waals surface area contributed by atoms with Crippen molar-refractivity contribution in [2.24, 2.45) is 5.41 Å². The van der Waals surface area contributed by atoms with E-state index in [0.717, 1.165) is 70.1 Å². The van der Waals surface area contributed by atoms with Gasteiger partial charge in [0.05, 0.1) is 5.39 Å². The van der Waals surface area contributed by atoms with E-state index < -0.39 is 0 Å². The number of fused-ring (bicyclic) bond motifs is 1. The number of hydrogen-bond donors (Lipinski definition) is 1. The third kappa shape index (κ3) is 2.89. The highest BCUT2D eigenvalue weighted by atomic mass is 16.5. The molecule has 0 bridgehead atoms. The number of anilines is 1. The number of likely N-dealkylation sites (tertiary alicyclic amines) is 1. The third-order valence-electron chi connectivity index (χ3n) is 6.64. The van der Waals surface area contributed by atoms with Crippen molar-refractivity contribution in [2.75, 3.05) is 44.3 Å². The van der Waals surface area contributed by atoms with Crippen LogP contribution in [0.25, 0.3) is 11.0 Å². The number of aromatic amines is 1. The van der Waals surface area contributed by atoms with E-state index in [1.807, 2.05) is 4.90 Å². The van der Waals surface area contributed by atoms with Gasteiger partial charge in [0.1, 0.15) is 17.8 Å². The minimum absolute atomic E-state index is 0.0504. The molecule has 5 heterocycles. The SMILES string of the molecule is C=CC(=O)N1CCCC2(C1)CN(c1ncnc3[nH]cc(C4CCOCC4)c13)C2. The highest BCUT2D eigenvalue weighted by Crippen LogP contribution is 2.44. The normalized spacial score (nSPS) is 22.4. The molecule has 0 unspecified atom stereocenters. The number of aromatic nitrogens is 3. The average molecular weight is 381 g/mol. The maximum absolute atomic E-state index is 12.1. The second kappa shape index (κ2) is 6.88. The average Bonchev–Trinajstić information content (AvgIpc) is 3.16. The van der Waals surface area contributed by atoms with Crippen molar-refractivity contribution in [3.8, 4) is 0 Å². The third-order valence-corrected chi connectivity index (χ3v) is 6.64. The number of carbonyl (C=O) groups is 1. The number of rotatable bonds is 3. The molecule has 3 aliphatic heterocycles. The van der Waals surface area contributed by atoms with Crippen molar-refractivity contribution in [3.05, 3.63) is 30.7 Å². The second-order valence-corrected chi connectivity index (χ2v) is 8.48. The van der Waals surface area contributed by atoms with Crippen LogP contribution in [0.3, 0.4) is 0 Å². The molecule has 148 valence electrons. The van der Waals surface area contributed by atoms with Crippen LogP contribution in [0.15, 0.2) is 25.2 Å². The standard InChI is InChI=1S/C21H27N5O2/c1-2-17(27)25-7-3-6-21(11-25)12-26(13-21)20-18-16(15-4-8-28-9-5-15)10-22-19(18)23-14-24-20/h2,10,14-15H,1,3-9,11-13H2,(H,22,23,24). The Hall–Kier alpha value is -2.41. The summed E-state index contributed by atoms with van der Waals surface area (Å²) >= 11 is 0. The van der Waals surface area contributed by atoms with E-state index in [1.165, 1.54) is 23.4 Å². The van der Waals surface area contributed by atoms with Crippen molar-refractivity contribution in [1.82, 2.24) is 19.9 Å². The van der Waals surface area contributed by atoms with Crippen LogP contribution in [0.2, 0.25) is 0 Å². The Morgan fingerprint density at radius 1 is 1.29 bits per heavy atom. The van der Waals surface area contributed by atoms with Crippen LogP contribution in [-0.2, 0) is 9.53 Å². The van der Waals surface area contributed by atoms with Crippen molar-refractivity contribution >= 4 is 22.8 Å². The maximum Gasteiger partial charge on any atom is 0.245 e. The van der Waals surface area contributed by atoms with Gasteiger partial charge in [-0.2, -0.15) is 0 Å². The van der Waals surface area contributed by atoms with Gasteiger partial charge in [0.15, 0.2) is 0 Å². The summed E-state index contributed by atoms with van der Waals surface area (Å²) in [6.45, 7) is 8.83. The lowest BCUT2D eigenvalue weighted by molar-refractivity contribution is -0.130. The highest BCUT2D eigenvalue weighted by Gasteiger charge is 2.47. The number of hydrogen-bond acceptors (Lipinski definition) is 5. The Morgan fingerprint density at radius 2 is 2.11 bits per heavy atom. The minimum atomic E-state index is 0.0504. The molecule has 3 saturated heterocycles. The smallest absolute Gasteiger partial charge is 0.245 e. The Kier molecular flexibility index (Phi) is 4.34. The van der Waals surface area contributed by atoms with Gasteiger partial charge >= 0.3 is 0 Å². The van der Waals surface area contributed by atoms with E-state index in [0.29, 0.717) is 5.92 Å². The molecule has 0 saturated carbocycles. The number of nitrogens with one attached hydrogen (secondary N) is 1. The molecule has 1 spiro atoms. The van der Waals surface area contributed by atoms with Crippen molar-refractivity contribution in [2.45, 2.75) is 31.6 Å². The van der Waals surface area contributed by atoms with Gasteiger partial charge < -0.3 is 19.5 Å². The predicted molar refractivity (Wildman–Crippen MR) is 107 cm³/mol. The Bertz CT molecular complexity index is 895. The zero-order valence-corrected chi connectivity index (χ0v) is 16.2. The van der Waals surface area contributed by atoms with Crippen molar-refractivity contribution in [1.29, 1.82) is 0 Å². The van der Waals surface area contributed by atoms with Crippen LogP contribution in [0.4, 0.5) is 5.82 Å². The summed E-state index contributed by atoms with van der Waals surface area (Å²) in [5.74, 6) is 1.58. The molecule has 1 amide bonds. The minimum Gasteiger partial charge on any atom is -0.381 e. The van der Waals surface area contributed by atoms with Gasteiger partial charge in [0.2, 0.25) is 5.91 Å². The molecule has 0 aromatic carbocycles. The van der Waals surface area contributed by atoms with E-state index in [9.17, 15) is 4.79 Å². The number of H-pyrrole nitrogens is 1. The highest BCUT2D eigenvalue weighted by molar-refractivity contribution is 5.92. The summed E-state index contributed by atoms with van der Waals surface area (Å²) in [5.41, 5.74) is 2.42. The van der Waals surface area contributed by atoms with E-state index in [1.54, 1.807) is 6.33 Å². The maximum atomic E-state index is 12.1. The zero-order chi connectivity index (χ0) is 19.1. The molecule has 0 aliphatic carbocycles. The monoisotopic (exact) mass is 381 g/mol. The quantitative estimate of drug-likeness (QED) is 0.827. The first-order valence-corrected chi connectivity index (χ1v) is 10.3. The van der Waals surface area contributed by atoms with E-state index >= 15 is 0 Å². The van der Waals surface area contributed by atoms with E-state index in [-0.39, 0.29) is 11.3 Å². The largest absolute Gasteiger partial charge is 0.381 e. The van der Waals surface area contributed by atoms with Crippen LogP contribution in [0, 0.1) is 5.41 Å². The molecule has 7 heteroatoms. The molecule has 0 radical (unpaired) electrons. The van der Waals surface area contributed by atoms with Gasteiger partial charge in [-0.15, -0.1) is 0 Å². The van der Waals surface area contributed by atoms with Gasteiger partial charge in [0.25, 0.3) is 0 Å². The summed E-state index contributed by atoms with van der Waals surface area (Å²) in [4.78, 5) is 28.9. The fourth-order valence-electron chi connectivity index (χ4n) is 5.24. The summed E-state index contributed by atoms with van der Waals surface area (Å²) < 4.78 is 5.54. The summed E-state index contributed by atoms with van der Waals surface area (Å²) in [5, 5.41) is 1.17. The van der Waals surface area contributed by atoms with E-state index in [4.69, 9.17) is 4.74 Å². The van der Waals surface area contributed by atoms with Crippen LogP contribution in [0.1, 0.15) is 37.2 Å². The first kappa shape index (κ1) is 17.7. The van der Waals surface area contributed by atoms with Crippen LogP contribution in [0.5, 0.6) is 0 Å². The molecule has 2 aromatic rings. The molecule has 0 atom stereocenters. The summed E-state index contributed by atoms with van der Waals surface area (Å²) in [7, 11) is 0. The number of carbonyl (C=O) groups excluding carboxylic acids is 1. The van der Waals surface area contributed by atoms with Gasteiger partial charge in [0, 0.05) is 51.0 Å². The Labute approximate surface area is 164 Å².